The topological polar surface area (TPSA) is 47.6 Å². The lowest BCUT2D eigenvalue weighted by Gasteiger charge is -2.10. The Morgan fingerprint density at radius 3 is 2.32 bits per heavy atom. The summed E-state index contributed by atoms with van der Waals surface area (Å²) < 4.78 is 25.6. The average molecular weight is 319 g/mol. The lowest BCUT2D eigenvalue weighted by Crippen LogP contribution is -2.20. The van der Waals surface area contributed by atoms with Gasteiger partial charge < -0.3 is 9.47 Å². The molecule has 2 rings (SSSR count). The quantitative estimate of drug-likeness (QED) is 0.853. The standard InChI is InChI=1S/C17H21NO3S/c1-13-4-7-15(8-5-13)22(19)18-11-10-14-6-9-16(20-2)17(12-14)21-3/h4-9,12,18H,10-11H2,1-3H3/t22-/m1/s1. The fraction of sp³-hybridized carbons (Fsp3) is 0.294. The van der Waals surface area contributed by atoms with Crippen LogP contribution in [-0.2, 0) is 17.4 Å². The van der Waals surface area contributed by atoms with Crippen LogP contribution in [-0.4, -0.2) is 25.0 Å². The van der Waals surface area contributed by atoms with Gasteiger partial charge in [0.15, 0.2) is 11.5 Å². The first kappa shape index (κ1) is 16.5. The van der Waals surface area contributed by atoms with E-state index in [-0.39, 0.29) is 0 Å². The minimum Gasteiger partial charge on any atom is -0.493 e. The third-order valence-corrected chi connectivity index (χ3v) is 4.50. The van der Waals surface area contributed by atoms with Crippen molar-refractivity contribution in [3.63, 3.8) is 0 Å². The smallest absolute Gasteiger partial charge is 0.160 e. The normalized spacial score (nSPS) is 12.0. The summed E-state index contributed by atoms with van der Waals surface area (Å²) in [5, 5.41) is 0. The molecule has 0 aromatic heterocycles. The second-order valence-corrected chi connectivity index (χ2v) is 6.21. The van der Waals surface area contributed by atoms with Gasteiger partial charge in [0.2, 0.25) is 0 Å². The van der Waals surface area contributed by atoms with Gasteiger partial charge in [0.25, 0.3) is 0 Å². The molecular weight excluding hydrogens is 298 g/mol. The van der Waals surface area contributed by atoms with Gasteiger partial charge in [-0.3, -0.25) is 0 Å². The second kappa shape index (κ2) is 7.96. The largest absolute Gasteiger partial charge is 0.493 e. The predicted molar refractivity (Wildman–Crippen MR) is 88.8 cm³/mol. The highest BCUT2D eigenvalue weighted by molar-refractivity contribution is 7.83. The summed E-state index contributed by atoms with van der Waals surface area (Å²) in [5.41, 5.74) is 2.26. The first-order chi connectivity index (χ1) is 10.6. The fourth-order valence-electron chi connectivity index (χ4n) is 2.07. The van der Waals surface area contributed by atoms with Gasteiger partial charge in [-0.2, -0.15) is 0 Å². The molecule has 0 saturated carbocycles. The summed E-state index contributed by atoms with van der Waals surface area (Å²) in [6, 6.07) is 13.5. The Labute approximate surface area is 134 Å². The zero-order chi connectivity index (χ0) is 15.9. The highest BCUT2D eigenvalue weighted by Crippen LogP contribution is 2.27. The summed E-state index contributed by atoms with van der Waals surface area (Å²) in [4.78, 5) is 0.790. The molecule has 2 aromatic carbocycles. The van der Waals surface area contributed by atoms with Gasteiger partial charge in [0.05, 0.1) is 19.1 Å². The van der Waals surface area contributed by atoms with Crippen LogP contribution in [0.3, 0.4) is 0 Å². The van der Waals surface area contributed by atoms with Crippen molar-refractivity contribution < 1.29 is 13.7 Å². The Hall–Kier alpha value is -1.85. The molecule has 5 heteroatoms. The Morgan fingerprint density at radius 2 is 1.68 bits per heavy atom. The number of methoxy groups -OCH3 is 2. The highest BCUT2D eigenvalue weighted by Gasteiger charge is 2.06. The van der Waals surface area contributed by atoms with E-state index in [4.69, 9.17) is 9.47 Å². The van der Waals surface area contributed by atoms with E-state index in [9.17, 15) is 4.21 Å². The number of benzene rings is 2. The van der Waals surface area contributed by atoms with Gasteiger partial charge in [-0.25, -0.2) is 8.93 Å². The van der Waals surface area contributed by atoms with E-state index in [0.29, 0.717) is 18.0 Å². The van der Waals surface area contributed by atoms with Gasteiger partial charge in [0, 0.05) is 6.54 Å². The lowest BCUT2D eigenvalue weighted by molar-refractivity contribution is 0.354. The molecule has 0 saturated heterocycles. The van der Waals surface area contributed by atoms with Crippen LogP contribution in [0.2, 0.25) is 0 Å². The molecule has 4 nitrogen and oxygen atoms in total. The molecule has 0 aliphatic rings. The number of nitrogens with one attached hydrogen (secondary N) is 1. The zero-order valence-electron chi connectivity index (χ0n) is 13.1. The minimum absolute atomic E-state index is 0.621. The molecule has 0 bridgehead atoms. The van der Waals surface area contributed by atoms with E-state index >= 15 is 0 Å². The summed E-state index contributed by atoms with van der Waals surface area (Å²) in [6.45, 7) is 2.63. The lowest BCUT2D eigenvalue weighted by atomic mass is 10.1. The molecule has 22 heavy (non-hydrogen) atoms. The van der Waals surface area contributed by atoms with Crippen molar-refractivity contribution in [3.05, 3.63) is 53.6 Å². The molecule has 0 radical (unpaired) electrons. The SMILES string of the molecule is COc1ccc(CCN[S@](=O)c2ccc(C)cc2)cc1OC. The molecule has 0 aliphatic carbocycles. The van der Waals surface area contributed by atoms with Crippen LogP contribution in [0.5, 0.6) is 11.5 Å². The van der Waals surface area contributed by atoms with Crippen LogP contribution in [0.1, 0.15) is 11.1 Å². The molecule has 0 heterocycles. The minimum atomic E-state index is -1.18. The molecule has 0 spiro atoms. The zero-order valence-corrected chi connectivity index (χ0v) is 13.9. The van der Waals surface area contributed by atoms with Crippen molar-refractivity contribution >= 4 is 11.0 Å². The summed E-state index contributed by atoms with van der Waals surface area (Å²) in [6.07, 6.45) is 0.762. The first-order valence-electron chi connectivity index (χ1n) is 7.07. The van der Waals surface area contributed by atoms with Crippen LogP contribution in [0.4, 0.5) is 0 Å². The van der Waals surface area contributed by atoms with E-state index < -0.39 is 11.0 Å². The van der Waals surface area contributed by atoms with Crippen molar-refractivity contribution in [1.29, 1.82) is 0 Å². The van der Waals surface area contributed by atoms with Crippen molar-refractivity contribution in [3.8, 4) is 11.5 Å². The Morgan fingerprint density at radius 1 is 1.00 bits per heavy atom. The summed E-state index contributed by atoms with van der Waals surface area (Å²) in [5.74, 6) is 1.42. The highest BCUT2D eigenvalue weighted by atomic mass is 32.2. The predicted octanol–water partition coefficient (Wildman–Crippen LogP) is 2.87. The molecular formula is C17H21NO3S. The second-order valence-electron chi connectivity index (χ2n) is 4.92. The number of hydrogen-bond acceptors (Lipinski definition) is 3. The molecule has 0 unspecified atom stereocenters. The molecule has 118 valence electrons. The fourth-order valence-corrected chi connectivity index (χ4v) is 2.91. The van der Waals surface area contributed by atoms with E-state index in [1.54, 1.807) is 14.2 Å². The molecule has 1 atom stereocenters. The van der Waals surface area contributed by atoms with Gasteiger partial charge >= 0.3 is 0 Å². The molecule has 2 aromatic rings. The van der Waals surface area contributed by atoms with Gasteiger partial charge in [-0.1, -0.05) is 23.8 Å². The number of aryl methyl sites for hydroxylation is 1. The van der Waals surface area contributed by atoms with Crippen molar-refractivity contribution in [2.75, 3.05) is 20.8 Å². The third kappa shape index (κ3) is 4.32. The molecule has 0 fully saturated rings. The van der Waals surface area contributed by atoms with Crippen LogP contribution in [0, 0.1) is 6.92 Å². The van der Waals surface area contributed by atoms with Crippen molar-refractivity contribution in [1.82, 2.24) is 4.72 Å². The maximum absolute atomic E-state index is 12.1. The van der Waals surface area contributed by atoms with E-state index in [1.807, 2.05) is 49.4 Å². The summed E-state index contributed by atoms with van der Waals surface area (Å²) in [7, 11) is 2.05. The Balaban J connectivity index is 1.90. The monoisotopic (exact) mass is 319 g/mol. The Kier molecular flexibility index (Phi) is 5.98. The number of hydrogen-bond donors (Lipinski definition) is 1. The van der Waals surface area contributed by atoms with Crippen LogP contribution < -0.4 is 14.2 Å². The molecule has 0 amide bonds. The Bertz CT molecular complexity index is 641. The van der Waals surface area contributed by atoms with Gasteiger partial charge in [-0.05, 0) is 43.2 Å². The van der Waals surface area contributed by atoms with Crippen molar-refractivity contribution in [2.24, 2.45) is 0 Å². The van der Waals surface area contributed by atoms with E-state index in [1.165, 1.54) is 0 Å². The first-order valence-corrected chi connectivity index (χ1v) is 8.22. The molecule has 1 N–H and O–H groups in total. The van der Waals surface area contributed by atoms with Crippen LogP contribution in [0.25, 0.3) is 0 Å². The maximum Gasteiger partial charge on any atom is 0.160 e. The van der Waals surface area contributed by atoms with Crippen molar-refractivity contribution in [2.45, 2.75) is 18.2 Å². The number of ether oxygens (including phenoxy) is 2. The number of rotatable bonds is 7. The summed E-state index contributed by atoms with van der Waals surface area (Å²) >= 11 is 0. The van der Waals surface area contributed by atoms with Gasteiger partial charge in [0.1, 0.15) is 11.0 Å². The van der Waals surface area contributed by atoms with E-state index in [2.05, 4.69) is 4.72 Å². The van der Waals surface area contributed by atoms with Gasteiger partial charge in [-0.15, -0.1) is 0 Å². The van der Waals surface area contributed by atoms with Crippen LogP contribution >= 0.6 is 0 Å². The van der Waals surface area contributed by atoms with Crippen LogP contribution in [0.15, 0.2) is 47.4 Å². The maximum atomic E-state index is 12.1. The average Bonchev–Trinajstić information content (AvgIpc) is 2.55. The third-order valence-electron chi connectivity index (χ3n) is 3.33. The molecule has 0 aliphatic heterocycles. The van der Waals surface area contributed by atoms with E-state index in [0.717, 1.165) is 22.4 Å².